The van der Waals surface area contributed by atoms with Gasteiger partial charge in [0, 0.05) is 43.0 Å². The van der Waals surface area contributed by atoms with E-state index in [9.17, 15) is 22.4 Å². The monoisotopic (exact) mass is 451 g/mol. The molecule has 4 rings (SSSR count). The Hall–Kier alpha value is -3.01. The van der Waals surface area contributed by atoms with Gasteiger partial charge in [0.05, 0.1) is 18.9 Å². The lowest BCUT2D eigenvalue weighted by Crippen LogP contribution is -2.13. The summed E-state index contributed by atoms with van der Waals surface area (Å²) in [6.07, 6.45) is -2.42. The number of carbonyl (C=O) groups is 1. The van der Waals surface area contributed by atoms with Crippen molar-refractivity contribution in [1.82, 2.24) is 14.4 Å². The lowest BCUT2D eigenvalue weighted by Gasteiger charge is -2.11. The fourth-order valence-corrected chi connectivity index (χ4v) is 3.67. The van der Waals surface area contributed by atoms with Crippen molar-refractivity contribution in [1.29, 1.82) is 0 Å². The van der Waals surface area contributed by atoms with Gasteiger partial charge in [0.15, 0.2) is 5.78 Å². The van der Waals surface area contributed by atoms with E-state index in [1.165, 1.54) is 6.07 Å². The summed E-state index contributed by atoms with van der Waals surface area (Å²) in [6, 6.07) is 4.78. The van der Waals surface area contributed by atoms with Crippen molar-refractivity contribution in [3.05, 3.63) is 59.3 Å². The summed E-state index contributed by atoms with van der Waals surface area (Å²) in [5, 5.41) is 0. The summed E-state index contributed by atoms with van der Waals surface area (Å²) in [4.78, 5) is 20.5. The van der Waals surface area contributed by atoms with Gasteiger partial charge in [-0.3, -0.25) is 4.79 Å². The molecule has 32 heavy (non-hydrogen) atoms. The van der Waals surface area contributed by atoms with Gasteiger partial charge >= 0.3 is 6.18 Å². The Morgan fingerprint density at radius 1 is 1.31 bits per heavy atom. The molecule has 1 fully saturated rings. The van der Waals surface area contributed by atoms with E-state index in [0.29, 0.717) is 43.2 Å². The van der Waals surface area contributed by atoms with Gasteiger partial charge in [-0.1, -0.05) is 6.07 Å². The normalized spacial score (nSPS) is 17.6. The molecule has 0 radical (unpaired) electrons. The Morgan fingerprint density at radius 3 is 2.81 bits per heavy atom. The highest BCUT2D eigenvalue weighted by Gasteiger charge is 2.33. The first-order chi connectivity index (χ1) is 15.3. The summed E-state index contributed by atoms with van der Waals surface area (Å²) in [7, 11) is 0. The molecule has 0 saturated carbocycles. The van der Waals surface area contributed by atoms with Crippen LogP contribution in [0, 0.1) is 5.92 Å². The molecule has 1 saturated heterocycles. The standard InChI is InChI=1S/C22H21F4N3O3/c1-2-32-18-9-20-28-16(21(23)13-6-7-31-12-13)11-29(20)10-14(18)8-17(30)15-4-3-5-19(27-15)22(24,25)26/h3-5,9-11,13,21H,2,6-8,12H2,1H3/t13-,21+/m0/s1. The van der Waals surface area contributed by atoms with Crippen molar-refractivity contribution >= 4 is 11.4 Å². The van der Waals surface area contributed by atoms with Crippen LogP contribution < -0.4 is 4.74 Å². The summed E-state index contributed by atoms with van der Waals surface area (Å²) in [5.74, 6) is -0.500. The molecule has 0 amide bonds. The fraction of sp³-hybridized carbons (Fsp3) is 0.409. The maximum atomic E-state index is 14.9. The number of nitrogens with zero attached hydrogens (tertiary/aromatic N) is 3. The highest BCUT2D eigenvalue weighted by atomic mass is 19.4. The third-order valence-electron chi connectivity index (χ3n) is 5.29. The van der Waals surface area contributed by atoms with Crippen LogP contribution in [0.25, 0.3) is 5.65 Å². The van der Waals surface area contributed by atoms with E-state index in [-0.39, 0.29) is 23.7 Å². The van der Waals surface area contributed by atoms with Crippen LogP contribution in [0.15, 0.2) is 36.7 Å². The number of rotatable bonds is 7. The average molecular weight is 451 g/mol. The topological polar surface area (TPSA) is 65.7 Å². The minimum absolute atomic E-state index is 0.234. The van der Waals surface area contributed by atoms with Crippen molar-refractivity contribution in [2.75, 3.05) is 19.8 Å². The summed E-state index contributed by atoms with van der Waals surface area (Å²) in [6.45, 7) is 2.92. The molecule has 1 aliphatic rings. The van der Waals surface area contributed by atoms with Gasteiger partial charge < -0.3 is 13.9 Å². The van der Waals surface area contributed by atoms with Gasteiger partial charge in [0.1, 0.15) is 29.0 Å². The van der Waals surface area contributed by atoms with Crippen LogP contribution in [0.2, 0.25) is 0 Å². The van der Waals surface area contributed by atoms with Gasteiger partial charge in [0.2, 0.25) is 0 Å². The molecule has 170 valence electrons. The SMILES string of the molecule is CCOc1cc2nc([C@H](F)[C@H]3CCOC3)cn2cc1CC(=O)c1cccc(C(F)(F)F)n1. The number of hydrogen-bond donors (Lipinski definition) is 0. The molecule has 0 aliphatic carbocycles. The summed E-state index contributed by atoms with van der Waals surface area (Å²) < 4.78 is 66.1. The maximum Gasteiger partial charge on any atom is 0.433 e. The van der Waals surface area contributed by atoms with Crippen molar-refractivity contribution in [2.24, 2.45) is 5.92 Å². The number of halogens is 4. The second kappa shape index (κ2) is 8.85. The largest absolute Gasteiger partial charge is 0.493 e. The van der Waals surface area contributed by atoms with E-state index in [2.05, 4.69) is 9.97 Å². The molecule has 10 heteroatoms. The minimum Gasteiger partial charge on any atom is -0.493 e. The lowest BCUT2D eigenvalue weighted by molar-refractivity contribution is -0.141. The van der Waals surface area contributed by atoms with Crippen LogP contribution in [0.4, 0.5) is 17.6 Å². The molecule has 0 N–H and O–H groups in total. The number of aromatic nitrogens is 3. The molecule has 0 unspecified atom stereocenters. The minimum atomic E-state index is -4.65. The number of ketones is 1. The molecule has 0 spiro atoms. The Kier molecular flexibility index (Phi) is 6.14. The zero-order valence-corrected chi connectivity index (χ0v) is 17.2. The number of fused-ring (bicyclic) bond motifs is 1. The van der Waals surface area contributed by atoms with E-state index >= 15 is 0 Å². The second-order valence-corrected chi connectivity index (χ2v) is 7.56. The number of ether oxygens (including phenoxy) is 2. The molecular formula is C22H21F4N3O3. The van der Waals surface area contributed by atoms with Crippen LogP contribution in [0.3, 0.4) is 0 Å². The maximum absolute atomic E-state index is 14.9. The highest BCUT2D eigenvalue weighted by Crippen LogP contribution is 2.33. The fourth-order valence-electron chi connectivity index (χ4n) is 3.67. The Labute approximate surface area is 181 Å². The number of Topliss-reactive ketones (excluding diaryl/α,β-unsaturated/α-hetero) is 1. The molecule has 2 atom stereocenters. The molecular weight excluding hydrogens is 430 g/mol. The Morgan fingerprint density at radius 2 is 2.12 bits per heavy atom. The van der Waals surface area contributed by atoms with Crippen molar-refractivity contribution in [3.8, 4) is 5.75 Å². The number of imidazole rings is 1. The predicted octanol–water partition coefficient (Wildman–Crippen LogP) is 4.62. The molecule has 3 aromatic heterocycles. The summed E-state index contributed by atoms with van der Waals surface area (Å²) in [5.41, 5.74) is -0.289. The molecule has 1 aliphatic heterocycles. The lowest BCUT2D eigenvalue weighted by atomic mass is 10.0. The second-order valence-electron chi connectivity index (χ2n) is 7.56. The Bertz CT molecular complexity index is 1120. The van der Waals surface area contributed by atoms with Crippen LogP contribution in [-0.4, -0.2) is 40.0 Å². The molecule has 6 nitrogen and oxygen atoms in total. The van der Waals surface area contributed by atoms with E-state index in [0.717, 1.165) is 12.1 Å². The zero-order valence-electron chi connectivity index (χ0n) is 17.2. The number of carbonyl (C=O) groups excluding carboxylic acids is 1. The molecule has 3 aromatic rings. The van der Waals surface area contributed by atoms with Gasteiger partial charge in [-0.25, -0.2) is 14.4 Å². The average Bonchev–Trinajstić information content (AvgIpc) is 3.43. The first kappa shape index (κ1) is 22.2. The number of pyridine rings is 2. The Balaban J connectivity index is 1.63. The van der Waals surface area contributed by atoms with Gasteiger partial charge in [-0.05, 0) is 25.5 Å². The van der Waals surface area contributed by atoms with Crippen molar-refractivity contribution < 1.29 is 31.8 Å². The third-order valence-corrected chi connectivity index (χ3v) is 5.29. The molecule has 0 aromatic carbocycles. The quantitative estimate of drug-likeness (QED) is 0.388. The van der Waals surface area contributed by atoms with Crippen molar-refractivity contribution in [2.45, 2.75) is 32.1 Å². The van der Waals surface area contributed by atoms with Gasteiger partial charge in [0.25, 0.3) is 0 Å². The van der Waals surface area contributed by atoms with E-state index in [1.807, 2.05) is 0 Å². The highest BCUT2D eigenvalue weighted by molar-refractivity contribution is 5.96. The van der Waals surface area contributed by atoms with Gasteiger partial charge in [-0.2, -0.15) is 13.2 Å². The van der Waals surface area contributed by atoms with Crippen LogP contribution >= 0.6 is 0 Å². The number of hydrogen-bond acceptors (Lipinski definition) is 5. The van der Waals surface area contributed by atoms with E-state index < -0.39 is 23.8 Å². The van der Waals surface area contributed by atoms with Gasteiger partial charge in [-0.15, -0.1) is 0 Å². The van der Waals surface area contributed by atoms with E-state index in [1.54, 1.807) is 29.8 Å². The van der Waals surface area contributed by atoms with Crippen LogP contribution in [0.1, 0.15) is 47.0 Å². The number of alkyl halides is 4. The van der Waals surface area contributed by atoms with E-state index in [4.69, 9.17) is 9.47 Å². The van der Waals surface area contributed by atoms with Crippen LogP contribution in [0.5, 0.6) is 5.75 Å². The molecule has 4 heterocycles. The first-order valence-electron chi connectivity index (χ1n) is 10.2. The zero-order chi connectivity index (χ0) is 22.9. The first-order valence-corrected chi connectivity index (χ1v) is 10.2. The van der Waals surface area contributed by atoms with Crippen LogP contribution in [-0.2, 0) is 17.3 Å². The predicted molar refractivity (Wildman–Crippen MR) is 106 cm³/mol. The summed E-state index contributed by atoms with van der Waals surface area (Å²) >= 11 is 0. The smallest absolute Gasteiger partial charge is 0.433 e. The van der Waals surface area contributed by atoms with Crippen molar-refractivity contribution in [3.63, 3.8) is 0 Å². The third kappa shape index (κ3) is 4.59. The molecule has 0 bridgehead atoms.